The molecule has 0 heterocycles. The maximum Gasteiger partial charge on any atom is 0.0898 e. The van der Waals surface area contributed by atoms with Gasteiger partial charge in [0.05, 0.1) is 24.9 Å². The minimum absolute atomic E-state index is 0.0451. The van der Waals surface area contributed by atoms with Crippen molar-refractivity contribution in [2.24, 2.45) is 0 Å². The second kappa shape index (κ2) is 7.81. The van der Waals surface area contributed by atoms with Gasteiger partial charge in [0.2, 0.25) is 0 Å². The smallest absolute Gasteiger partial charge is 0.0898 e. The highest BCUT2D eigenvalue weighted by atomic mass is 16.5. The second-order valence-electron chi connectivity index (χ2n) is 3.57. The van der Waals surface area contributed by atoms with E-state index in [1.807, 2.05) is 20.8 Å². The van der Waals surface area contributed by atoms with Gasteiger partial charge in [-0.05, 0) is 20.3 Å². The zero-order valence-corrected chi connectivity index (χ0v) is 9.29. The van der Waals surface area contributed by atoms with Gasteiger partial charge in [-0.15, -0.1) is 6.42 Å². The predicted molar refractivity (Wildman–Crippen MR) is 58.0 cm³/mol. The lowest BCUT2D eigenvalue weighted by molar-refractivity contribution is 0.00595. The van der Waals surface area contributed by atoms with Crippen LogP contribution in [-0.2, 0) is 4.74 Å². The highest BCUT2D eigenvalue weighted by Crippen LogP contribution is 1.93. The molecule has 0 radical (unpaired) electrons. The van der Waals surface area contributed by atoms with Crippen molar-refractivity contribution in [2.75, 3.05) is 13.2 Å². The molecule has 0 rings (SSSR count). The van der Waals surface area contributed by atoms with Crippen LogP contribution in [0.1, 0.15) is 27.2 Å². The highest BCUT2D eigenvalue weighted by molar-refractivity contribution is 4.97. The Morgan fingerprint density at radius 3 is 2.57 bits per heavy atom. The summed E-state index contributed by atoms with van der Waals surface area (Å²) < 4.78 is 5.26. The third-order valence-corrected chi connectivity index (χ3v) is 1.83. The van der Waals surface area contributed by atoms with Crippen molar-refractivity contribution in [3.63, 3.8) is 0 Å². The van der Waals surface area contributed by atoms with E-state index in [-0.39, 0.29) is 12.1 Å². The number of nitrogens with one attached hydrogen (secondary N) is 1. The SMILES string of the molecule is C#CC(CC)NCC(O)COC(C)C. The summed E-state index contributed by atoms with van der Waals surface area (Å²) >= 11 is 0. The molecule has 3 heteroatoms. The van der Waals surface area contributed by atoms with E-state index < -0.39 is 6.10 Å². The third-order valence-electron chi connectivity index (χ3n) is 1.83. The van der Waals surface area contributed by atoms with Gasteiger partial charge in [-0.2, -0.15) is 0 Å². The van der Waals surface area contributed by atoms with E-state index in [1.54, 1.807) is 0 Å². The largest absolute Gasteiger partial charge is 0.389 e. The maximum atomic E-state index is 9.48. The summed E-state index contributed by atoms with van der Waals surface area (Å²) in [5, 5.41) is 12.6. The quantitative estimate of drug-likeness (QED) is 0.595. The minimum Gasteiger partial charge on any atom is -0.389 e. The molecule has 0 aromatic rings. The lowest BCUT2D eigenvalue weighted by atomic mass is 10.2. The molecule has 0 fully saturated rings. The molecule has 0 saturated carbocycles. The van der Waals surface area contributed by atoms with Gasteiger partial charge in [0, 0.05) is 6.54 Å². The van der Waals surface area contributed by atoms with Crippen LogP contribution in [-0.4, -0.2) is 36.5 Å². The predicted octanol–water partition coefficient (Wildman–Crippen LogP) is 0.774. The molecule has 0 aromatic heterocycles. The molecule has 0 aliphatic heterocycles. The van der Waals surface area contributed by atoms with Crippen LogP contribution in [0.4, 0.5) is 0 Å². The number of terminal acetylenes is 1. The Labute approximate surface area is 86.8 Å². The normalized spacial score (nSPS) is 15.1. The molecule has 3 nitrogen and oxygen atoms in total. The van der Waals surface area contributed by atoms with Crippen LogP contribution < -0.4 is 5.32 Å². The third kappa shape index (κ3) is 6.90. The Kier molecular flexibility index (Phi) is 7.50. The molecule has 0 aliphatic carbocycles. The molecule has 2 N–H and O–H groups in total. The Balaban J connectivity index is 3.53. The first kappa shape index (κ1) is 13.4. The van der Waals surface area contributed by atoms with E-state index in [0.717, 1.165) is 6.42 Å². The molecule has 0 spiro atoms. The molecule has 0 aromatic carbocycles. The number of hydrogen-bond acceptors (Lipinski definition) is 3. The lowest BCUT2D eigenvalue weighted by Crippen LogP contribution is -2.36. The number of ether oxygens (including phenoxy) is 1. The second-order valence-corrected chi connectivity index (χ2v) is 3.57. The average Bonchev–Trinajstić information content (AvgIpc) is 2.16. The number of aliphatic hydroxyl groups excluding tert-OH is 1. The summed E-state index contributed by atoms with van der Waals surface area (Å²) in [6, 6.07) is 0.0451. The monoisotopic (exact) mass is 199 g/mol. The van der Waals surface area contributed by atoms with Gasteiger partial charge in [-0.3, -0.25) is 0 Å². The standard InChI is InChI=1S/C11H21NO2/c1-5-10(6-2)12-7-11(13)8-14-9(3)4/h1,9-13H,6-8H2,2-4H3. The molecular formula is C11H21NO2. The Morgan fingerprint density at radius 1 is 1.50 bits per heavy atom. The first-order valence-electron chi connectivity index (χ1n) is 5.09. The number of aliphatic hydroxyl groups is 1. The summed E-state index contributed by atoms with van der Waals surface area (Å²) in [6.45, 7) is 6.72. The van der Waals surface area contributed by atoms with Gasteiger partial charge in [0.1, 0.15) is 0 Å². The van der Waals surface area contributed by atoms with Crippen LogP contribution in [0.2, 0.25) is 0 Å². The molecule has 2 atom stereocenters. The molecule has 14 heavy (non-hydrogen) atoms. The fourth-order valence-electron chi connectivity index (χ4n) is 0.962. The van der Waals surface area contributed by atoms with E-state index in [9.17, 15) is 5.11 Å². The first-order chi connectivity index (χ1) is 6.60. The lowest BCUT2D eigenvalue weighted by Gasteiger charge is -2.16. The molecule has 0 aliphatic rings. The van der Waals surface area contributed by atoms with Crippen molar-refractivity contribution < 1.29 is 9.84 Å². The van der Waals surface area contributed by atoms with Crippen molar-refractivity contribution in [2.45, 2.75) is 45.4 Å². The van der Waals surface area contributed by atoms with Crippen molar-refractivity contribution in [3.8, 4) is 12.3 Å². The van der Waals surface area contributed by atoms with Crippen LogP contribution in [0.25, 0.3) is 0 Å². The molecule has 0 amide bonds. The average molecular weight is 199 g/mol. The van der Waals surface area contributed by atoms with Gasteiger partial charge in [-0.1, -0.05) is 12.8 Å². The van der Waals surface area contributed by atoms with Crippen molar-refractivity contribution in [1.82, 2.24) is 5.32 Å². The van der Waals surface area contributed by atoms with Crippen molar-refractivity contribution in [1.29, 1.82) is 0 Å². The van der Waals surface area contributed by atoms with Crippen LogP contribution >= 0.6 is 0 Å². The summed E-state index contributed by atoms with van der Waals surface area (Å²) in [5.41, 5.74) is 0. The zero-order chi connectivity index (χ0) is 11.0. The first-order valence-corrected chi connectivity index (χ1v) is 5.09. The zero-order valence-electron chi connectivity index (χ0n) is 9.29. The number of rotatable bonds is 7. The minimum atomic E-state index is -0.486. The van der Waals surface area contributed by atoms with Crippen LogP contribution in [0, 0.1) is 12.3 Å². The van der Waals surface area contributed by atoms with E-state index in [2.05, 4.69) is 11.2 Å². The maximum absolute atomic E-state index is 9.48. The van der Waals surface area contributed by atoms with Gasteiger partial charge in [0.15, 0.2) is 0 Å². The summed E-state index contributed by atoms with van der Waals surface area (Å²) in [4.78, 5) is 0. The molecule has 0 saturated heterocycles. The van der Waals surface area contributed by atoms with E-state index in [1.165, 1.54) is 0 Å². The van der Waals surface area contributed by atoms with Crippen molar-refractivity contribution >= 4 is 0 Å². The number of hydrogen-bond donors (Lipinski definition) is 2. The fourth-order valence-corrected chi connectivity index (χ4v) is 0.962. The fraction of sp³-hybridized carbons (Fsp3) is 0.818. The summed E-state index contributed by atoms with van der Waals surface area (Å²) in [6.07, 6.45) is 5.80. The summed E-state index contributed by atoms with van der Waals surface area (Å²) in [5.74, 6) is 2.61. The van der Waals surface area contributed by atoms with E-state index in [4.69, 9.17) is 11.2 Å². The topological polar surface area (TPSA) is 41.5 Å². The van der Waals surface area contributed by atoms with Crippen LogP contribution in [0.5, 0.6) is 0 Å². The van der Waals surface area contributed by atoms with Crippen molar-refractivity contribution in [3.05, 3.63) is 0 Å². The molecule has 82 valence electrons. The Morgan fingerprint density at radius 2 is 2.14 bits per heavy atom. The van der Waals surface area contributed by atoms with Crippen LogP contribution in [0.15, 0.2) is 0 Å². The van der Waals surface area contributed by atoms with Crippen LogP contribution in [0.3, 0.4) is 0 Å². The van der Waals surface area contributed by atoms with Gasteiger partial charge in [0.25, 0.3) is 0 Å². The summed E-state index contributed by atoms with van der Waals surface area (Å²) in [7, 11) is 0. The van der Waals surface area contributed by atoms with Gasteiger partial charge < -0.3 is 15.2 Å². The van der Waals surface area contributed by atoms with Gasteiger partial charge >= 0.3 is 0 Å². The van der Waals surface area contributed by atoms with E-state index >= 15 is 0 Å². The van der Waals surface area contributed by atoms with Gasteiger partial charge in [-0.25, -0.2) is 0 Å². The Bertz CT molecular complexity index is 175. The highest BCUT2D eigenvalue weighted by Gasteiger charge is 2.07. The molecular weight excluding hydrogens is 178 g/mol. The van der Waals surface area contributed by atoms with E-state index in [0.29, 0.717) is 13.2 Å². The molecule has 0 bridgehead atoms. The molecule has 2 unspecified atom stereocenters. The Hall–Kier alpha value is -0.560.